The zero-order valence-corrected chi connectivity index (χ0v) is 13.5. The van der Waals surface area contributed by atoms with Crippen LogP contribution < -0.4 is 5.32 Å². The Morgan fingerprint density at radius 2 is 2.00 bits per heavy atom. The van der Waals surface area contributed by atoms with Crippen LogP contribution in [-0.4, -0.2) is 35.5 Å². The van der Waals surface area contributed by atoms with Crippen LogP contribution in [0.5, 0.6) is 0 Å². The van der Waals surface area contributed by atoms with Crippen molar-refractivity contribution in [3.8, 4) is 0 Å². The first-order valence-electron chi connectivity index (χ1n) is 7.91. The van der Waals surface area contributed by atoms with Gasteiger partial charge in [-0.15, -0.1) is 0 Å². The number of hydrogen-bond donors (Lipinski definition) is 1. The van der Waals surface area contributed by atoms with Gasteiger partial charge in [-0.1, -0.05) is 17.7 Å². The summed E-state index contributed by atoms with van der Waals surface area (Å²) >= 11 is 6.27. The number of nitrogens with one attached hydrogen (secondary N) is 1. The number of aryl methyl sites for hydroxylation is 1. The van der Waals surface area contributed by atoms with E-state index in [1.54, 1.807) is 0 Å². The highest BCUT2D eigenvalue weighted by Gasteiger charge is 2.37. The minimum atomic E-state index is 0.0776. The summed E-state index contributed by atoms with van der Waals surface area (Å²) in [5.74, 6) is 0.0776. The third kappa shape index (κ3) is 2.95. The van der Waals surface area contributed by atoms with E-state index < -0.39 is 0 Å². The van der Waals surface area contributed by atoms with Gasteiger partial charge in [-0.2, -0.15) is 0 Å². The maximum Gasteiger partial charge on any atom is 0.255 e. The van der Waals surface area contributed by atoms with Gasteiger partial charge in [-0.25, -0.2) is 0 Å². The number of fused-ring (bicyclic) bond motifs is 2. The predicted octanol–water partition coefficient (Wildman–Crippen LogP) is 3.39. The Labute approximate surface area is 131 Å². The molecule has 2 unspecified atom stereocenters. The van der Waals surface area contributed by atoms with E-state index in [0.29, 0.717) is 28.7 Å². The number of amides is 1. The van der Waals surface area contributed by atoms with Crippen molar-refractivity contribution in [3.05, 3.63) is 34.3 Å². The van der Waals surface area contributed by atoms with Crippen molar-refractivity contribution < 1.29 is 4.79 Å². The van der Waals surface area contributed by atoms with Gasteiger partial charge < -0.3 is 10.2 Å². The summed E-state index contributed by atoms with van der Waals surface area (Å²) in [5, 5.41) is 4.20. The van der Waals surface area contributed by atoms with E-state index in [1.807, 2.05) is 30.0 Å². The quantitative estimate of drug-likeness (QED) is 0.928. The fourth-order valence-corrected chi connectivity index (χ4v) is 4.11. The molecule has 0 aliphatic carbocycles. The lowest BCUT2D eigenvalue weighted by Crippen LogP contribution is -2.50. The Morgan fingerprint density at radius 1 is 1.33 bits per heavy atom. The number of benzene rings is 1. The molecule has 114 valence electrons. The molecule has 21 heavy (non-hydrogen) atoms. The maximum absolute atomic E-state index is 12.9. The van der Waals surface area contributed by atoms with E-state index in [1.165, 1.54) is 12.8 Å². The molecule has 1 aromatic carbocycles. The number of hydrogen-bond acceptors (Lipinski definition) is 2. The molecular weight excluding hydrogens is 284 g/mol. The van der Waals surface area contributed by atoms with Gasteiger partial charge >= 0.3 is 0 Å². The fraction of sp³-hybridized carbons (Fsp3) is 0.588. The Balaban J connectivity index is 1.80. The lowest BCUT2D eigenvalue weighted by molar-refractivity contribution is 0.0631. The Kier molecular flexibility index (Phi) is 4.23. The highest BCUT2D eigenvalue weighted by Crippen LogP contribution is 2.31. The molecule has 1 amide bonds. The SMILES string of the molecule is CCN(C(=O)c1ccc(C)cc1Cl)C1CC2CCC(C1)N2. The standard InChI is InChI=1S/C17H23ClN2O/c1-3-20(14-9-12-5-6-13(10-14)19-12)17(21)15-7-4-11(2)8-16(15)18/h4,7-8,12-14,19H,3,5-6,9-10H2,1-2H3. The van der Waals surface area contributed by atoms with Crippen LogP contribution in [0.4, 0.5) is 0 Å². The van der Waals surface area contributed by atoms with Gasteiger partial charge in [0.25, 0.3) is 5.91 Å². The first kappa shape index (κ1) is 14.9. The molecule has 0 saturated carbocycles. The second kappa shape index (κ2) is 5.98. The Morgan fingerprint density at radius 3 is 2.57 bits per heavy atom. The lowest BCUT2D eigenvalue weighted by atomic mass is 9.97. The molecule has 2 fully saturated rings. The molecule has 2 saturated heterocycles. The van der Waals surface area contributed by atoms with Crippen LogP contribution in [0.15, 0.2) is 18.2 Å². The van der Waals surface area contributed by atoms with Gasteiger partial charge in [-0.05, 0) is 57.2 Å². The first-order valence-corrected chi connectivity index (χ1v) is 8.29. The smallest absolute Gasteiger partial charge is 0.255 e. The number of halogens is 1. The number of nitrogens with zero attached hydrogens (tertiary/aromatic N) is 1. The van der Waals surface area contributed by atoms with E-state index in [2.05, 4.69) is 12.2 Å². The van der Waals surface area contributed by atoms with Crippen molar-refractivity contribution >= 4 is 17.5 Å². The van der Waals surface area contributed by atoms with Gasteiger partial charge in [0.1, 0.15) is 0 Å². The van der Waals surface area contributed by atoms with Gasteiger partial charge in [0.05, 0.1) is 10.6 Å². The van der Waals surface area contributed by atoms with E-state index in [4.69, 9.17) is 11.6 Å². The predicted molar refractivity (Wildman–Crippen MR) is 85.9 cm³/mol. The minimum absolute atomic E-state index is 0.0776. The molecule has 2 atom stereocenters. The monoisotopic (exact) mass is 306 g/mol. The number of carbonyl (C=O) groups excluding carboxylic acids is 1. The highest BCUT2D eigenvalue weighted by atomic mass is 35.5. The van der Waals surface area contributed by atoms with Gasteiger partial charge in [-0.3, -0.25) is 4.79 Å². The number of piperidine rings is 1. The summed E-state index contributed by atoms with van der Waals surface area (Å²) < 4.78 is 0. The molecule has 1 N–H and O–H groups in total. The molecule has 0 spiro atoms. The molecular formula is C17H23ClN2O. The Bertz CT molecular complexity index is 534. The fourth-order valence-electron chi connectivity index (χ4n) is 3.80. The second-order valence-corrected chi connectivity index (χ2v) is 6.74. The molecule has 2 bridgehead atoms. The van der Waals surface area contributed by atoms with E-state index in [0.717, 1.165) is 24.9 Å². The average Bonchev–Trinajstić information content (AvgIpc) is 2.78. The molecule has 3 rings (SSSR count). The summed E-state index contributed by atoms with van der Waals surface area (Å²) in [7, 11) is 0. The van der Waals surface area contributed by atoms with Crippen molar-refractivity contribution in [2.75, 3.05) is 6.54 Å². The van der Waals surface area contributed by atoms with Crippen LogP contribution in [0.2, 0.25) is 5.02 Å². The lowest BCUT2D eigenvalue weighted by Gasteiger charge is -2.37. The van der Waals surface area contributed by atoms with E-state index in [9.17, 15) is 4.79 Å². The van der Waals surface area contributed by atoms with Crippen molar-refractivity contribution in [2.24, 2.45) is 0 Å². The second-order valence-electron chi connectivity index (χ2n) is 6.34. The molecule has 2 aliphatic heterocycles. The topological polar surface area (TPSA) is 32.3 Å². The zero-order chi connectivity index (χ0) is 15.0. The molecule has 1 aromatic rings. The van der Waals surface area contributed by atoms with Crippen LogP contribution in [0.25, 0.3) is 0 Å². The first-order chi connectivity index (χ1) is 10.1. The van der Waals surface area contributed by atoms with Crippen molar-refractivity contribution in [1.82, 2.24) is 10.2 Å². The molecule has 2 heterocycles. The van der Waals surface area contributed by atoms with Crippen molar-refractivity contribution in [1.29, 1.82) is 0 Å². The summed E-state index contributed by atoms with van der Waals surface area (Å²) in [6.45, 7) is 4.79. The number of carbonyl (C=O) groups is 1. The minimum Gasteiger partial charge on any atom is -0.336 e. The molecule has 4 heteroatoms. The maximum atomic E-state index is 12.9. The third-order valence-corrected chi connectivity index (χ3v) is 5.16. The molecule has 0 radical (unpaired) electrons. The van der Waals surface area contributed by atoms with Gasteiger partial charge in [0.2, 0.25) is 0 Å². The van der Waals surface area contributed by atoms with E-state index >= 15 is 0 Å². The van der Waals surface area contributed by atoms with Crippen LogP contribution in [0.1, 0.15) is 48.5 Å². The normalized spacial score (nSPS) is 27.7. The number of rotatable bonds is 3. The zero-order valence-electron chi connectivity index (χ0n) is 12.7. The summed E-state index contributed by atoms with van der Waals surface area (Å²) in [4.78, 5) is 14.9. The van der Waals surface area contributed by atoms with E-state index in [-0.39, 0.29) is 5.91 Å². The summed E-state index contributed by atoms with van der Waals surface area (Å²) in [6.07, 6.45) is 4.63. The Hall–Kier alpha value is -1.06. The van der Waals surface area contributed by atoms with Crippen LogP contribution >= 0.6 is 11.6 Å². The summed E-state index contributed by atoms with van der Waals surface area (Å²) in [6, 6.07) is 7.21. The van der Waals surface area contributed by atoms with Crippen LogP contribution in [0, 0.1) is 6.92 Å². The largest absolute Gasteiger partial charge is 0.336 e. The van der Waals surface area contributed by atoms with Gasteiger partial charge in [0.15, 0.2) is 0 Å². The highest BCUT2D eigenvalue weighted by molar-refractivity contribution is 6.33. The average molecular weight is 307 g/mol. The third-order valence-electron chi connectivity index (χ3n) is 4.85. The van der Waals surface area contributed by atoms with Crippen molar-refractivity contribution in [2.45, 2.75) is 57.7 Å². The van der Waals surface area contributed by atoms with Crippen molar-refractivity contribution in [3.63, 3.8) is 0 Å². The van der Waals surface area contributed by atoms with Gasteiger partial charge in [0, 0.05) is 24.7 Å². The summed E-state index contributed by atoms with van der Waals surface area (Å²) in [5.41, 5.74) is 1.72. The molecule has 0 aromatic heterocycles. The molecule has 3 nitrogen and oxygen atoms in total. The van der Waals surface area contributed by atoms with Crippen LogP contribution in [0.3, 0.4) is 0 Å². The molecule has 2 aliphatic rings. The van der Waals surface area contributed by atoms with Crippen LogP contribution in [-0.2, 0) is 0 Å².